The second-order valence-electron chi connectivity index (χ2n) is 6.48. The number of aryl methyl sites for hydroxylation is 1. The molecule has 0 fully saturated rings. The van der Waals surface area contributed by atoms with E-state index >= 15 is 0 Å². The van der Waals surface area contributed by atoms with Gasteiger partial charge < -0.3 is 20.3 Å². The van der Waals surface area contributed by atoms with Crippen molar-refractivity contribution in [3.63, 3.8) is 0 Å². The lowest BCUT2D eigenvalue weighted by molar-refractivity contribution is 0.0617. The quantitative estimate of drug-likeness (QED) is 0.341. The van der Waals surface area contributed by atoms with Crippen LogP contribution in [0.3, 0.4) is 0 Å². The Kier molecular flexibility index (Phi) is 7.39. The molecule has 0 spiro atoms. The fourth-order valence-electron chi connectivity index (χ4n) is 2.97. The second kappa shape index (κ2) is 9.31. The Labute approximate surface area is 171 Å². The SMILES string of the molecule is CCNC(=NCc1nnc2n1CCC2)NCC(C)(O)c1ccccc1.I. The number of nitrogens with one attached hydrogen (secondary N) is 2. The molecule has 26 heavy (non-hydrogen) atoms. The minimum Gasteiger partial charge on any atom is -0.384 e. The third-order valence-electron chi connectivity index (χ3n) is 4.40. The van der Waals surface area contributed by atoms with Crippen LogP contribution in [0.4, 0.5) is 0 Å². The molecule has 2 aromatic rings. The van der Waals surface area contributed by atoms with Crippen LogP contribution in [0.1, 0.15) is 37.5 Å². The normalized spacial score (nSPS) is 15.7. The molecule has 1 aromatic heterocycles. The minimum atomic E-state index is -0.979. The summed E-state index contributed by atoms with van der Waals surface area (Å²) in [4.78, 5) is 4.59. The zero-order valence-corrected chi connectivity index (χ0v) is 17.6. The summed E-state index contributed by atoms with van der Waals surface area (Å²) in [5.41, 5.74) is -0.110. The fourth-order valence-corrected chi connectivity index (χ4v) is 2.97. The van der Waals surface area contributed by atoms with E-state index in [4.69, 9.17) is 0 Å². The molecule has 8 heteroatoms. The van der Waals surface area contributed by atoms with E-state index in [0.717, 1.165) is 43.1 Å². The fraction of sp³-hybridized carbons (Fsp3) is 0.500. The lowest BCUT2D eigenvalue weighted by Gasteiger charge is -2.25. The number of aromatic nitrogens is 3. The number of aliphatic imine (C=N–C) groups is 1. The van der Waals surface area contributed by atoms with E-state index in [-0.39, 0.29) is 24.0 Å². The first kappa shape index (κ1) is 20.6. The summed E-state index contributed by atoms with van der Waals surface area (Å²) in [6.07, 6.45) is 2.12. The van der Waals surface area contributed by atoms with E-state index in [2.05, 4.69) is 30.4 Å². The Morgan fingerprint density at radius 1 is 1.27 bits per heavy atom. The number of nitrogens with zero attached hydrogens (tertiary/aromatic N) is 4. The number of hydrogen-bond donors (Lipinski definition) is 3. The van der Waals surface area contributed by atoms with Crippen LogP contribution in [0, 0.1) is 0 Å². The highest BCUT2D eigenvalue weighted by molar-refractivity contribution is 14.0. The van der Waals surface area contributed by atoms with Crippen molar-refractivity contribution in [2.75, 3.05) is 13.1 Å². The summed E-state index contributed by atoms with van der Waals surface area (Å²) in [7, 11) is 0. The van der Waals surface area contributed by atoms with Gasteiger partial charge in [0.15, 0.2) is 11.8 Å². The van der Waals surface area contributed by atoms with E-state index in [1.807, 2.05) is 37.3 Å². The number of rotatable bonds is 6. The Hall–Kier alpha value is -1.68. The monoisotopic (exact) mass is 470 g/mol. The molecule has 0 saturated heterocycles. The van der Waals surface area contributed by atoms with Gasteiger partial charge in [0.2, 0.25) is 0 Å². The van der Waals surface area contributed by atoms with Crippen LogP contribution in [0.5, 0.6) is 0 Å². The van der Waals surface area contributed by atoms with Gasteiger partial charge >= 0.3 is 0 Å². The van der Waals surface area contributed by atoms with Crippen molar-refractivity contribution >= 4 is 29.9 Å². The van der Waals surface area contributed by atoms with Gasteiger partial charge in [-0.25, -0.2) is 4.99 Å². The van der Waals surface area contributed by atoms with E-state index in [9.17, 15) is 5.11 Å². The molecule has 0 aliphatic carbocycles. The molecule has 3 rings (SSSR count). The average Bonchev–Trinajstić information content (AvgIpc) is 3.22. The Morgan fingerprint density at radius 3 is 2.77 bits per heavy atom. The van der Waals surface area contributed by atoms with Crippen LogP contribution < -0.4 is 10.6 Å². The molecule has 7 nitrogen and oxygen atoms in total. The average molecular weight is 470 g/mol. The number of aliphatic hydroxyl groups is 1. The standard InChI is InChI=1S/C18H26N6O.HI/c1-3-19-17(20-12-16-23-22-15-10-7-11-24(15)16)21-13-18(2,25)14-8-5-4-6-9-14;/h4-6,8-9,25H,3,7,10-13H2,1-2H3,(H2,19,20,21);1H. The number of fused-ring (bicyclic) bond motifs is 1. The molecule has 2 heterocycles. The Morgan fingerprint density at radius 2 is 2.04 bits per heavy atom. The van der Waals surface area contributed by atoms with Crippen molar-refractivity contribution in [2.45, 2.75) is 45.4 Å². The highest BCUT2D eigenvalue weighted by Crippen LogP contribution is 2.19. The third-order valence-corrected chi connectivity index (χ3v) is 4.40. The molecule has 1 unspecified atom stereocenters. The summed E-state index contributed by atoms with van der Waals surface area (Å²) < 4.78 is 2.15. The summed E-state index contributed by atoms with van der Waals surface area (Å²) >= 11 is 0. The largest absolute Gasteiger partial charge is 0.384 e. The number of guanidine groups is 1. The van der Waals surface area contributed by atoms with Gasteiger partial charge in [-0.2, -0.15) is 0 Å². The molecule has 0 amide bonds. The molecule has 1 aliphatic rings. The van der Waals surface area contributed by atoms with Crippen molar-refractivity contribution < 1.29 is 5.11 Å². The summed E-state index contributed by atoms with van der Waals surface area (Å²) in [5.74, 6) is 2.60. The van der Waals surface area contributed by atoms with Crippen LogP contribution >= 0.6 is 24.0 Å². The molecule has 1 aromatic carbocycles. The summed E-state index contributed by atoms with van der Waals surface area (Å²) in [6.45, 7) is 6.36. The zero-order valence-electron chi connectivity index (χ0n) is 15.3. The van der Waals surface area contributed by atoms with Gasteiger partial charge in [0, 0.05) is 19.5 Å². The molecular weight excluding hydrogens is 443 g/mol. The van der Waals surface area contributed by atoms with Crippen LogP contribution in [-0.2, 0) is 25.1 Å². The second-order valence-corrected chi connectivity index (χ2v) is 6.48. The maximum atomic E-state index is 10.7. The maximum absolute atomic E-state index is 10.7. The topological polar surface area (TPSA) is 87.4 Å². The van der Waals surface area contributed by atoms with E-state index < -0.39 is 5.60 Å². The van der Waals surface area contributed by atoms with Gasteiger partial charge in [-0.3, -0.25) is 0 Å². The van der Waals surface area contributed by atoms with Crippen molar-refractivity contribution in [2.24, 2.45) is 4.99 Å². The third kappa shape index (κ3) is 4.94. The highest BCUT2D eigenvalue weighted by atomic mass is 127. The van der Waals surface area contributed by atoms with Gasteiger partial charge in [-0.05, 0) is 25.8 Å². The first-order valence-corrected chi connectivity index (χ1v) is 8.81. The van der Waals surface area contributed by atoms with Crippen LogP contribution in [0.2, 0.25) is 0 Å². The van der Waals surface area contributed by atoms with Gasteiger partial charge in [0.05, 0.1) is 6.54 Å². The molecule has 3 N–H and O–H groups in total. The summed E-state index contributed by atoms with van der Waals surface area (Å²) in [5, 5.41) is 25.6. The molecule has 0 radical (unpaired) electrons. The van der Waals surface area contributed by atoms with Gasteiger partial charge in [0.1, 0.15) is 18.0 Å². The van der Waals surface area contributed by atoms with Crippen LogP contribution in [0.15, 0.2) is 35.3 Å². The molecule has 1 atom stereocenters. The van der Waals surface area contributed by atoms with Crippen molar-refractivity contribution in [1.82, 2.24) is 25.4 Å². The molecule has 0 bridgehead atoms. The molecule has 1 aliphatic heterocycles. The van der Waals surface area contributed by atoms with Crippen LogP contribution in [-0.4, -0.2) is 38.9 Å². The summed E-state index contributed by atoms with van der Waals surface area (Å²) in [6, 6.07) is 9.63. The lowest BCUT2D eigenvalue weighted by atomic mass is 9.96. The highest BCUT2D eigenvalue weighted by Gasteiger charge is 2.23. The first-order chi connectivity index (χ1) is 12.1. The number of benzene rings is 1. The number of halogens is 1. The number of hydrogen-bond acceptors (Lipinski definition) is 4. The Balaban J connectivity index is 0.00000243. The van der Waals surface area contributed by atoms with Crippen LogP contribution in [0.25, 0.3) is 0 Å². The van der Waals surface area contributed by atoms with E-state index in [1.54, 1.807) is 6.92 Å². The maximum Gasteiger partial charge on any atom is 0.191 e. The predicted molar refractivity (Wildman–Crippen MR) is 113 cm³/mol. The lowest BCUT2D eigenvalue weighted by Crippen LogP contribution is -2.44. The van der Waals surface area contributed by atoms with Crippen molar-refractivity contribution in [3.8, 4) is 0 Å². The molecule has 142 valence electrons. The Bertz CT molecular complexity index is 729. The van der Waals surface area contributed by atoms with E-state index in [0.29, 0.717) is 19.0 Å². The molecule has 0 saturated carbocycles. The molecular formula is C18H27IN6O. The first-order valence-electron chi connectivity index (χ1n) is 8.81. The van der Waals surface area contributed by atoms with E-state index in [1.165, 1.54) is 0 Å². The smallest absolute Gasteiger partial charge is 0.191 e. The predicted octanol–water partition coefficient (Wildman–Crippen LogP) is 1.81. The minimum absolute atomic E-state index is 0. The zero-order chi connectivity index (χ0) is 17.7. The van der Waals surface area contributed by atoms with Gasteiger partial charge in [-0.1, -0.05) is 30.3 Å². The van der Waals surface area contributed by atoms with Crippen molar-refractivity contribution in [3.05, 3.63) is 47.5 Å². The van der Waals surface area contributed by atoms with Crippen molar-refractivity contribution in [1.29, 1.82) is 0 Å². The van der Waals surface area contributed by atoms with Gasteiger partial charge in [0.25, 0.3) is 0 Å². The van der Waals surface area contributed by atoms with Gasteiger partial charge in [-0.15, -0.1) is 34.2 Å².